The van der Waals surface area contributed by atoms with E-state index in [9.17, 15) is 14.3 Å². The van der Waals surface area contributed by atoms with Gasteiger partial charge in [0.2, 0.25) is 0 Å². The maximum atomic E-state index is 12.4. The van der Waals surface area contributed by atoms with E-state index in [1.165, 1.54) is 10.6 Å². The lowest BCUT2D eigenvalue weighted by Crippen LogP contribution is -2.21. The van der Waals surface area contributed by atoms with Crippen LogP contribution in [-0.4, -0.2) is 21.2 Å². The van der Waals surface area contributed by atoms with Crippen LogP contribution in [0.4, 0.5) is 0 Å². The zero-order valence-electron chi connectivity index (χ0n) is 15.2. The van der Waals surface area contributed by atoms with E-state index < -0.39 is 14.4 Å². The molecule has 0 spiro atoms. The maximum absolute atomic E-state index is 12.4. The van der Waals surface area contributed by atoms with Crippen molar-refractivity contribution in [3.8, 4) is 0 Å². The molecular weight excluding hydrogens is 379 g/mol. The zero-order valence-corrected chi connectivity index (χ0v) is 16.1. The summed E-state index contributed by atoms with van der Waals surface area (Å²) in [5.41, 5.74) is 1.65. The third-order valence-electron chi connectivity index (χ3n) is 4.00. The predicted octanol–water partition coefficient (Wildman–Crippen LogP) is 3.75. The number of rotatable bonds is 7. The number of hydrogen-bond donors (Lipinski definition) is 1. The Morgan fingerprint density at radius 1 is 1.21 bits per heavy atom. The minimum atomic E-state index is -4.14. The van der Waals surface area contributed by atoms with Crippen LogP contribution in [0.1, 0.15) is 11.3 Å². The van der Waals surface area contributed by atoms with Gasteiger partial charge in [-0.2, -0.15) is 0 Å². The fourth-order valence-electron chi connectivity index (χ4n) is 2.50. The first-order valence-corrected chi connectivity index (χ1v) is 10.0. The van der Waals surface area contributed by atoms with Gasteiger partial charge in [-0.15, -0.1) is 0 Å². The molecular formula is C20H19N2O5P. The molecule has 1 unspecified atom stereocenters. The van der Waals surface area contributed by atoms with Crippen molar-refractivity contribution in [2.75, 3.05) is 6.79 Å². The number of para-hydroxylation sites is 2. The van der Waals surface area contributed by atoms with E-state index in [0.717, 1.165) is 11.4 Å². The molecule has 28 heavy (non-hydrogen) atoms. The molecule has 0 amide bonds. The second kappa shape index (κ2) is 8.35. The second-order valence-corrected chi connectivity index (χ2v) is 7.59. The minimum Gasteiger partial charge on any atom is -0.467 e. The standard InChI is InChI=1S/C20H19N2O5P/c1-15(16-8-4-3-5-9-16)26-14-27-28(24,25)13-12-18-20(23)22(2)19-11-7-6-10-17(19)21-18/h3-13H,1,14H2,2H3,(H,24,25)/b13-12+. The van der Waals surface area contributed by atoms with Crippen LogP contribution in [0.3, 0.4) is 0 Å². The van der Waals surface area contributed by atoms with Gasteiger partial charge < -0.3 is 14.2 Å². The van der Waals surface area contributed by atoms with Gasteiger partial charge in [-0.1, -0.05) is 49.0 Å². The van der Waals surface area contributed by atoms with Gasteiger partial charge >= 0.3 is 7.60 Å². The van der Waals surface area contributed by atoms with E-state index in [0.29, 0.717) is 16.8 Å². The predicted molar refractivity (Wildman–Crippen MR) is 108 cm³/mol. The van der Waals surface area contributed by atoms with Gasteiger partial charge in [-0.3, -0.25) is 13.9 Å². The highest BCUT2D eigenvalue weighted by molar-refractivity contribution is 7.56. The molecule has 7 nitrogen and oxygen atoms in total. The number of hydrogen-bond acceptors (Lipinski definition) is 5. The molecule has 3 rings (SSSR count). The number of benzene rings is 2. The third-order valence-corrected chi connectivity index (χ3v) is 5.00. The smallest absolute Gasteiger partial charge is 0.354 e. The largest absolute Gasteiger partial charge is 0.467 e. The number of fused-ring (bicyclic) bond motifs is 1. The molecule has 3 aromatic rings. The quantitative estimate of drug-likeness (QED) is 0.370. The van der Waals surface area contributed by atoms with Gasteiger partial charge in [-0.05, 0) is 18.2 Å². The Labute approximate surface area is 161 Å². The van der Waals surface area contributed by atoms with Crippen LogP contribution in [0.2, 0.25) is 0 Å². The molecule has 8 heteroatoms. The van der Waals surface area contributed by atoms with Crippen LogP contribution in [0.5, 0.6) is 0 Å². The molecule has 0 saturated heterocycles. The van der Waals surface area contributed by atoms with Crippen LogP contribution < -0.4 is 5.56 Å². The van der Waals surface area contributed by atoms with Crippen molar-refractivity contribution in [3.63, 3.8) is 0 Å². The van der Waals surface area contributed by atoms with Gasteiger partial charge in [0.1, 0.15) is 11.5 Å². The molecule has 0 aliphatic heterocycles. The zero-order chi connectivity index (χ0) is 20.1. The number of ether oxygens (including phenoxy) is 1. The van der Waals surface area contributed by atoms with E-state index >= 15 is 0 Å². The molecule has 1 heterocycles. The molecule has 0 saturated carbocycles. The SMILES string of the molecule is C=C(OCOP(=O)(O)/C=C/c1nc2ccccc2n(C)c1=O)c1ccccc1. The number of aryl methyl sites for hydroxylation is 1. The van der Waals surface area contributed by atoms with Crippen LogP contribution in [-0.2, 0) is 20.9 Å². The summed E-state index contributed by atoms with van der Waals surface area (Å²) in [6, 6.07) is 16.2. The van der Waals surface area contributed by atoms with Gasteiger partial charge in [0.25, 0.3) is 5.56 Å². The van der Waals surface area contributed by atoms with Gasteiger partial charge in [0.15, 0.2) is 6.79 Å². The first kappa shape index (κ1) is 19.8. The molecule has 1 atom stereocenters. The highest BCUT2D eigenvalue weighted by Gasteiger charge is 2.16. The summed E-state index contributed by atoms with van der Waals surface area (Å²) in [6.45, 7) is 3.28. The average molecular weight is 398 g/mol. The molecule has 2 aromatic carbocycles. The van der Waals surface area contributed by atoms with Crippen LogP contribution in [0.25, 0.3) is 22.9 Å². The molecule has 0 radical (unpaired) electrons. The van der Waals surface area contributed by atoms with E-state index in [1.54, 1.807) is 43.4 Å². The first-order chi connectivity index (χ1) is 13.4. The first-order valence-electron chi connectivity index (χ1n) is 8.36. The molecule has 0 aliphatic carbocycles. The molecule has 1 aromatic heterocycles. The lowest BCUT2D eigenvalue weighted by atomic mass is 10.2. The van der Waals surface area contributed by atoms with E-state index in [-0.39, 0.29) is 11.3 Å². The van der Waals surface area contributed by atoms with E-state index in [4.69, 9.17) is 9.26 Å². The van der Waals surface area contributed by atoms with Crippen molar-refractivity contribution >= 4 is 30.5 Å². The van der Waals surface area contributed by atoms with Crippen molar-refractivity contribution < 1.29 is 18.7 Å². The highest BCUT2D eigenvalue weighted by Crippen LogP contribution is 2.44. The Balaban J connectivity index is 1.68. The lowest BCUT2D eigenvalue weighted by Gasteiger charge is -2.11. The monoisotopic (exact) mass is 398 g/mol. The fourth-order valence-corrected chi connectivity index (χ4v) is 3.12. The summed E-state index contributed by atoms with van der Waals surface area (Å²) in [7, 11) is -2.52. The highest BCUT2D eigenvalue weighted by atomic mass is 31.2. The van der Waals surface area contributed by atoms with Crippen LogP contribution >= 0.6 is 7.60 Å². The summed E-state index contributed by atoms with van der Waals surface area (Å²) in [4.78, 5) is 26.5. The van der Waals surface area contributed by atoms with Crippen LogP contribution in [0, 0.1) is 0 Å². The Bertz CT molecular complexity index is 1140. The summed E-state index contributed by atoms with van der Waals surface area (Å²) < 4.78 is 23.8. The molecule has 0 aliphatic rings. The van der Waals surface area contributed by atoms with Crippen molar-refractivity contribution in [1.29, 1.82) is 0 Å². The second-order valence-electron chi connectivity index (χ2n) is 5.91. The van der Waals surface area contributed by atoms with Crippen molar-refractivity contribution in [1.82, 2.24) is 9.55 Å². The normalized spacial score (nSPS) is 13.5. The Kier molecular flexibility index (Phi) is 5.90. The third kappa shape index (κ3) is 4.64. The number of aromatic nitrogens is 2. The molecule has 0 fully saturated rings. The maximum Gasteiger partial charge on any atom is 0.354 e. The summed E-state index contributed by atoms with van der Waals surface area (Å²) in [6.07, 6.45) is 1.18. The van der Waals surface area contributed by atoms with Crippen molar-refractivity contribution in [3.05, 3.63) is 88.6 Å². The van der Waals surface area contributed by atoms with Crippen molar-refractivity contribution in [2.45, 2.75) is 0 Å². The number of nitrogens with zero attached hydrogens (tertiary/aromatic N) is 2. The summed E-state index contributed by atoms with van der Waals surface area (Å²) in [5, 5.41) is 0. The average Bonchev–Trinajstić information content (AvgIpc) is 2.70. The minimum absolute atomic E-state index is 0.0358. The van der Waals surface area contributed by atoms with E-state index in [1.807, 2.05) is 18.2 Å². The fraction of sp³-hybridized carbons (Fsp3) is 0.100. The Morgan fingerprint density at radius 2 is 1.89 bits per heavy atom. The summed E-state index contributed by atoms with van der Waals surface area (Å²) >= 11 is 0. The lowest BCUT2D eigenvalue weighted by molar-refractivity contribution is 0.0871. The van der Waals surface area contributed by atoms with Gasteiger partial charge in [-0.25, -0.2) is 4.98 Å². The van der Waals surface area contributed by atoms with E-state index in [2.05, 4.69) is 11.6 Å². The Hall–Kier alpha value is -2.99. The van der Waals surface area contributed by atoms with Gasteiger partial charge in [0, 0.05) is 18.4 Å². The molecule has 144 valence electrons. The van der Waals surface area contributed by atoms with Gasteiger partial charge in [0.05, 0.1) is 11.0 Å². The molecule has 1 N–H and O–H groups in total. The summed E-state index contributed by atoms with van der Waals surface area (Å²) in [5.74, 6) is 1.23. The van der Waals surface area contributed by atoms with Crippen molar-refractivity contribution in [2.24, 2.45) is 7.05 Å². The topological polar surface area (TPSA) is 90.7 Å². The van der Waals surface area contributed by atoms with Crippen LogP contribution in [0.15, 0.2) is 71.8 Å². The Morgan fingerprint density at radius 3 is 2.64 bits per heavy atom. The molecule has 0 bridgehead atoms.